The third kappa shape index (κ3) is 5.00. The van der Waals surface area contributed by atoms with Crippen molar-refractivity contribution in [2.75, 3.05) is 19.6 Å². The van der Waals surface area contributed by atoms with Gasteiger partial charge in [0, 0.05) is 37.0 Å². The molecular formula is C15H25N3O3S2. The second kappa shape index (κ2) is 7.74. The Labute approximate surface area is 142 Å². The van der Waals surface area contributed by atoms with Gasteiger partial charge in [0.2, 0.25) is 5.91 Å². The summed E-state index contributed by atoms with van der Waals surface area (Å²) in [6.07, 6.45) is 1.86. The van der Waals surface area contributed by atoms with Crippen molar-refractivity contribution in [1.29, 1.82) is 0 Å². The van der Waals surface area contributed by atoms with Crippen molar-refractivity contribution < 1.29 is 13.2 Å². The molecule has 130 valence electrons. The van der Waals surface area contributed by atoms with Gasteiger partial charge in [0.05, 0.1) is 0 Å². The zero-order valence-corrected chi connectivity index (χ0v) is 15.3. The standard InChI is InChI=1S/C15H25N3O3S2/c1-11(2)9-14(19)17-7-5-13-3-4-15(22-13)23(20,21)18-8-6-12(16)10-18/h3-4,11-12H,5-10,16H2,1-2H3,(H,17,19)/t12-/m1/s1. The maximum Gasteiger partial charge on any atom is 0.252 e. The van der Waals surface area contributed by atoms with Crippen LogP contribution in [0.25, 0.3) is 0 Å². The third-order valence-corrected chi connectivity index (χ3v) is 7.18. The van der Waals surface area contributed by atoms with Crippen molar-refractivity contribution >= 4 is 27.3 Å². The Kier molecular flexibility index (Phi) is 6.19. The number of sulfonamides is 1. The van der Waals surface area contributed by atoms with Gasteiger partial charge in [-0.15, -0.1) is 11.3 Å². The first kappa shape index (κ1) is 18.4. The monoisotopic (exact) mass is 359 g/mol. The predicted molar refractivity (Wildman–Crippen MR) is 91.8 cm³/mol. The van der Waals surface area contributed by atoms with Crippen LogP contribution in [0.1, 0.15) is 31.6 Å². The first-order valence-corrected chi connectivity index (χ1v) is 10.2. The molecule has 0 aliphatic carbocycles. The molecule has 0 saturated carbocycles. The summed E-state index contributed by atoms with van der Waals surface area (Å²) in [5.41, 5.74) is 5.79. The smallest absolute Gasteiger partial charge is 0.252 e. The average molecular weight is 360 g/mol. The number of nitrogens with two attached hydrogens (primary N) is 1. The number of thiophene rings is 1. The van der Waals surface area contributed by atoms with Crippen molar-refractivity contribution in [3.05, 3.63) is 17.0 Å². The molecule has 2 rings (SSSR count). The summed E-state index contributed by atoms with van der Waals surface area (Å²) in [5.74, 6) is 0.371. The molecule has 3 N–H and O–H groups in total. The van der Waals surface area contributed by atoms with E-state index in [0.29, 0.717) is 49.0 Å². The van der Waals surface area contributed by atoms with Crippen LogP contribution < -0.4 is 11.1 Å². The second-order valence-electron chi connectivity index (χ2n) is 6.33. The summed E-state index contributed by atoms with van der Waals surface area (Å²) >= 11 is 1.27. The minimum Gasteiger partial charge on any atom is -0.356 e. The number of nitrogens with zero attached hydrogens (tertiary/aromatic N) is 1. The van der Waals surface area contributed by atoms with E-state index in [2.05, 4.69) is 5.32 Å². The first-order valence-electron chi connectivity index (χ1n) is 7.90. The molecule has 2 heterocycles. The van der Waals surface area contributed by atoms with Crippen molar-refractivity contribution in [3.8, 4) is 0 Å². The molecule has 1 aliphatic heterocycles. The second-order valence-corrected chi connectivity index (χ2v) is 9.66. The average Bonchev–Trinajstić information content (AvgIpc) is 3.07. The zero-order valence-electron chi connectivity index (χ0n) is 13.6. The molecule has 6 nitrogen and oxygen atoms in total. The number of hydrogen-bond donors (Lipinski definition) is 2. The molecule has 1 fully saturated rings. The lowest BCUT2D eigenvalue weighted by Gasteiger charge is -2.14. The zero-order chi connectivity index (χ0) is 17.0. The lowest BCUT2D eigenvalue weighted by atomic mass is 10.1. The molecular weight excluding hydrogens is 334 g/mol. The van der Waals surface area contributed by atoms with Gasteiger partial charge in [-0.1, -0.05) is 13.8 Å². The topological polar surface area (TPSA) is 92.5 Å². The summed E-state index contributed by atoms with van der Waals surface area (Å²) in [6, 6.07) is 3.40. The van der Waals surface area contributed by atoms with Crippen LogP contribution >= 0.6 is 11.3 Å². The van der Waals surface area contributed by atoms with Gasteiger partial charge in [-0.2, -0.15) is 4.31 Å². The summed E-state index contributed by atoms with van der Waals surface area (Å²) in [5, 5.41) is 2.86. The SMILES string of the molecule is CC(C)CC(=O)NCCc1ccc(S(=O)(=O)N2CC[C@@H](N)C2)s1. The van der Waals surface area contributed by atoms with Gasteiger partial charge in [0.25, 0.3) is 10.0 Å². The van der Waals surface area contributed by atoms with Crippen LogP contribution in [-0.4, -0.2) is 44.3 Å². The van der Waals surface area contributed by atoms with Gasteiger partial charge in [0.15, 0.2) is 0 Å². The van der Waals surface area contributed by atoms with E-state index in [9.17, 15) is 13.2 Å². The highest BCUT2D eigenvalue weighted by atomic mass is 32.2. The van der Waals surface area contributed by atoms with Crippen molar-refractivity contribution in [1.82, 2.24) is 9.62 Å². The molecule has 0 unspecified atom stereocenters. The molecule has 1 atom stereocenters. The van der Waals surface area contributed by atoms with Crippen LogP contribution in [0.15, 0.2) is 16.3 Å². The number of amides is 1. The van der Waals surface area contributed by atoms with E-state index in [-0.39, 0.29) is 11.9 Å². The van der Waals surface area contributed by atoms with E-state index in [0.717, 1.165) is 4.88 Å². The van der Waals surface area contributed by atoms with E-state index in [1.807, 2.05) is 19.9 Å². The molecule has 23 heavy (non-hydrogen) atoms. The van der Waals surface area contributed by atoms with Crippen LogP contribution in [0, 0.1) is 5.92 Å². The highest BCUT2D eigenvalue weighted by Crippen LogP contribution is 2.27. The van der Waals surface area contributed by atoms with Crippen LogP contribution in [-0.2, 0) is 21.2 Å². The number of carbonyl (C=O) groups excluding carboxylic acids is 1. The highest BCUT2D eigenvalue weighted by molar-refractivity contribution is 7.91. The van der Waals surface area contributed by atoms with Crippen LogP contribution in [0.3, 0.4) is 0 Å². The molecule has 0 radical (unpaired) electrons. The maximum absolute atomic E-state index is 12.5. The number of rotatable bonds is 7. The molecule has 0 spiro atoms. The summed E-state index contributed by atoms with van der Waals surface area (Å²) in [4.78, 5) is 12.5. The molecule has 0 aromatic carbocycles. The van der Waals surface area contributed by atoms with Crippen LogP contribution in [0.2, 0.25) is 0 Å². The van der Waals surface area contributed by atoms with Crippen molar-refractivity contribution in [2.24, 2.45) is 11.7 Å². The molecule has 8 heteroatoms. The summed E-state index contributed by atoms with van der Waals surface area (Å²) in [7, 11) is -3.42. The molecule has 1 aliphatic rings. The minimum absolute atomic E-state index is 0.0375. The Morgan fingerprint density at radius 3 is 2.83 bits per heavy atom. The minimum atomic E-state index is -3.42. The van der Waals surface area contributed by atoms with E-state index in [1.54, 1.807) is 6.07 Å². The number of nitrogens with one attached hydrogen (secondary N) is 1. The quantitative estimate of drug-likeness (QED) is 0.764. The van der Waals surface area contributed by atoms with Gasteiger partial charge in [0.1, 0.15) is 4.21 Å². The van der Waals surface area contributed by atoms with E-state index in [1.165, 1.54) is 15.6 Å². The van der Waals surface area contributed by atoms with E-state index in [4.69, 9.17) is 5.73 Å². The fourth-order valence-corrected chi connectivity index (χ4v) is 5.52. The fraction of sp³-hybridized carbons (Fsp3) is 0.667. The fourth-order valence-electron chi connectivity index (χ4n) is 2.50. The largest absolute Gasteiger partial charge is 0.356 e. The maximum atomic E-state index is 12.5. The van der Waals surface area contributed by atoms with Gasteiger partial charge in [-0.25, -0.2) is 8.42 Å². The molecule has 1 saturated heterocycles. The molecule has 1 aromatic rings. The highest BCUT2D eigenvalue weighted by Gasteiger charge is 2.31. The number of hydrogen-bond acceptors (Lipinski definition) is 5. The normalized spacial score (nSPS) is 19.4. The Morgan fingerprint density at radius 1 is 1.48 bits per heavy atom. The first-order chi connectivity index (χ1) is 10.8. The van der Waals surface area contributed by atoms with Gasteiger partial charge in [-0.3, -0.25) is 4.79 Å². The Morgan fingerprint density at radius 2 is 2.22 bits per heavy atom. The predicted octanol–water partition coefficient (Wildman–Crippen LogP) is 1.17. The lowest BCUT2D eigenvalue weighted by Crippen LogP contribution is -2.31. The van der Waals surface area contributed by atoms with Crippen molar-refractivity contribution in [3.63, 3.8) is 0 Å². The van der Waals surface area contributed by atoms with E-state index < -0.39 is 10.0 Å². The summed E-state index contributed by atoms with van der Waals surface area (Å²) < 4.78 is 26.8. The van der Waals surface area contributed by atoms with Crippen LogP contribution in [0.5, 0.6) is 0 Å². The number of carbonyl (C=O) groups is 1. The van der Waals surface area contributed by atoms with Gasteiger partial charge < -0.3 is 11.1 Å². The van der Waals surface area contributed by atoms with Crippen molar-refractivity contribution in [2.45, 2.75) is 43.4 Å². The molecule has 1 aromatic heterocycles. The van der Waals surface area contributed by atoms with Gasteiger partial charge >= 0.3 is 0 Å². The molecule has 1 amide bonds. The Balaban J connectivity index is 1.89. The lowest BCUT2D eigenvalue weighted by molar-refractivity contribution is -0.121. The van der Waals surface area contributed by atoms with Gasteiger partial charge in [-0.05, 0) is 30.9 Å². The Hall–Kier alpha value is -0.960. The molecule has 0 bridgehead atoms. The van der Waals surface area contributed by atoms with Crippen LogP contribution in [0.4, 0.5) is 0 Å². The Bertz CT molecular complexity index is 640. The third-order valence-electron chi connectivity index (χ3n) is 3.71. The van der Waals surface area contributed by atoms with E-state index >= 15 is 0 Å². The summed E-state index contributed by atoms with van der Waals surface area (Å²) in [6.45, 7) is 5.41.